The van der Waals surface area contributed by atoms with Gasteiger partial charge in [0.1, 0.15) is 0 Å². The molecule has 8 heteroatoms. The molecular weight excluding hydrogens is 450 g/mol. The van der Waals surface area contributed by atoms with Crippen LogP contribution in [0.4, 0.5) is 13.2 Å². The number of guanidine groups is 1. The van der Waals surface area contributed by atoms with E-state index in [0.29, 0.717) is 18.9 Å². The van der Waals surface area contributed by atoms with E-state index in [9.17, 15) is 13.2 Å². The number of rotatable bonds is 9. The summed E-state index contributed by atoms with van der Waals surface area (Å²) >= 11 is 1.74. The highest BCUT2D eigenvalue weighted by molar-refractivity contribution is 14.0. The van der Waals surface area contributed by atoms with E-state index in [0.717, 1.165) is 18.8 Å². The van der Waals surface area contributed by atoms with Gasteiger partial charge in [-0.2, -0.15) is 13.2 Å². The Morgan fingerprint density at radius 3 is 2.46 bits per heavy atom. The molecule has 0 aliphatic heterocycles. The van der Waals surface area contributed by atoms with E-state index in [1.807, 2.05) is 25.1 Å². The van der Waals surface area contributed by atoms with Gasteiger partial charge in [-0.1, -0.05) is 18.2 Å². The van der Waals surface area contributed by atoms with Gasteiger partial charge >= 0.3 is 6.18 Å². The SMILES string of the molecule is CCNC(=NCCCCC(F)(F)F)NCCSc1ccccc1.I. The van der Waals surface area contributed by atoms with Gasteiger partial charge in [0.15, 0.2) is 5.96 Å². The number of nitrogens with one attached hydrogen (secondary N) is 2. The van der Waals surface area contributed by atoms with Crippen molar-refractivity contribution in [3.63, 3.8) is 0 Å². The highest BCUT2D eigenvalue weighted by Gasteiger charge is 2.25. The first kappa shape index (κ1) is 23.4. The maximum atomic E-state index is 12.0. The Bertz CT molecular complexity index is 456. The summed E-state index contributed by atoms with van der Waals surface area (Å²) in [4.78, 5) is 5.51. The van der Waals surface area contributed by atoms with Crippen LogP contribution in [0.3, 0.4) is 0 Å². The number of alkyl halides is 3. The third-order valence-corrected chi connectivity index (χ3v) is 3.90. The fraction of sp³-hybridized carbons (Fsp3) is 0.562. The lowest BCUT2D eigenvalue weighted by molar-refractivity contribution is -0.135. The number of hydrogen-bond acceptors (Lipinski definition) is 2. The van der Waals surface area contributed by atoms with Crippen LogP contribution < -0.4 is 10.6 Å². The summed E-state index contributed by atoms with van der Waals surface area (Å²) in [6, 6.07) is 10.1. The molecule has 0 heterocycles. The van der Waals surface area contributed by atoms with Crippen molar-refractivity contribution in [2.24, 2.45) is 4.99 Å². The highest BCUT2D eigenvalue weighted by atomic mass is 127. The van der Waals surface area contributed by atoms with E-state index >= 15 is 0 Å². The van der Waals surface area contributed by atoms with Crippen molar-refractivity contribution >= 4 is 41.7 Å². The van der Waals surface area contributed by atoms with Gasteiger partial charge in [-0.15, -0.1) is 35.7 Å². The van der Waals surface area contributed by atoms with Gasteiger partial charge in [0.05, 0.1) is 0 Å². The minimum Gasteiger partial charge on any atom is -0.357 e. The fourth-order valence-corrected chi connectivity index (χ4v) is 2.61. The second kappa shape index (κ2) is 13.6. The van der Waals surface area contributed by atoms with Gasteiger partial charge in [-0.05, 0) is 31.9 Å². The summed E-state index contributed by atoms with van der Waals surface area (Å²) in [7, 11) is 0. The molecule has 0 spiro atoms. The van der Waals surface area contributed by atoms with Crippen LogP contribution in [0.5, 0.6) is 0 Å². The van der Waals surface area contributed by atoms with Crippen LogP contribution in [0.25, 0.3) is 0 Å². The number of thioether (sulfide) groups is 1. The predicted molar refractivity (Wildman–Crippen MR) is 106 cm³/mol. The van der Waals surface area contributed by atoms with Crippen molar-refractivity contribution in [3.05, 3.63) is 30.3 Å². The lowest BCUT2D eigenvalue weighted by Gasteiger charge is -2.11. The first-order valence-corrected chi connectivity index (χ1v) is 8.76. The summed E-state index contributed by atoms with van der Waals surface area (Å²) in [6.45, 7) is 3.82. The van der Waals surface area contributed by atoms with Gasteiger partial charge in [0.25, 0.3) is 0 Å². The average Bonchev–Trinajstić information content (AvgIpc) is 2.51. The summed E-state index contributed by atoms with van der Waals surface area (Å²) < 4.78 is 36.1. The fourth-order valence-electron chi connectivity index (χ4n) is 1.82. The molecule has 0 atom stereocenters. The molecule has 0 aliphatic rings. The summed E-state index contributed by atoms with van der Waals surface area (Å²) in [5, 5.41) is 6.29. The Balaban J connectivity index is 0.00000529. The van der Waals surface area contributed by atoms with Crippen molar-refractivity contribution in [2.75, 3.05) is 25.4 Å². The van der Waals surface area contributed by atoms with Crippen molar-refractivity contribution in [2.45, 2.75) is 37.3 Å². The van der Waals surface area contributed by atoms with Gasteiger partial charge < -0.3 is 10.6 Å². The summed E-state index contributed by atoms with van der Waals surface area (Å²) in [5.74, 6) is 1.55. The Morgan fingerprint density at radius 2 is 1.83 bits per heavy atom. The van der Waals surface area contributed by atoms with Gasteiger partial charge in [0, 0.05) is 36.7 Å². The summed E-state index contributed by atoms with van der Waals surface area (Å²) in [5.41, 5.74) is 0. The van der Waals surface area contributed by atoms with E-state index < -0.39 is 12.6 Å². The van der Waals surface area contributed by atoms with Crippen molar-refractivity contribution in [1.29, 1.82) is 0 Å². The zero-order chi connectivity index (χ0) is 17.0. The van der Waals surface area contributed by atoms with E-state index in [1.54, 1.807) is 11.8 Å². The largest absolute Gasteiger partial charge is 0.389 e. The first-order valence-electron chi connectivity index (χ1n) is 7.78. The van der Waals surface area contributed by atoms with Crippen LogP contribution >= 0.6 is 35.7 Å². The minimum absolute atomic E-state index is 0. The van der Waals surface area contributed by atoms with E-state index in [4.69, 9.17) is 0 Å². The molecule has 138 valence electrons. The molecule has 0 aliphatic carbocycles. The van der Waals surface area contributed by atoms with Crippen LogP contribution in [-0.2, 0) is 0 Å². The Labute approximate surface area is 163 Å². The van der Waals surface area contributed by atoms with Gasteiger partial charge in [0.2, 0.25) is 0 Å². The van der Waals surface area contributed by atoms with Crippen LogP contribution in [0, 0.1) is 0 Å². The Kier molecular flexibility index (Phi) is 13.3. The van der Waals surface area contributed by atoms with Gasteiger partial charge in [-0.3, -0.25) is 4.99 Å². The number of unbranched alkanes of at least 4 members (excludes halogenated alkanes) is 1. The quantitative estimate of drug-likeness (QED) is 0.179. The molecular formula is C16H25F3IN3S. The molecule has 2 N–H and O–H groups in total. The Morgan fingerprint density at radius 1 is 1.12 bits per heavy atom. The number of halogens is 4. The van der Waals surface area contributed by atoms with Crippen LogP contribution in [0.15, 0.2) is 40.2 Å². The molecule has 0 saturated carbocycles. The Hall–Kier alpha value is -0.640. The zero-order valence-electron chi connectivity index (χ0n) is 13.7. The zero-order valence-corrected chi connectivity index (χ0v) is 16.9. The molecule has 24 heavy (non-hydrogen) atoms. The van der Waals surface area contributed by atoms with Crippen molar-refractivity contribution in [3.8, 4) is 0 Å². The van der Waals surface area contributed by atoms with Crippen molar-refractivity contribution in [1.82, 2.24) is 10.6 Å². The highest BCUT2D eigenvalue weighted by Crippen LogP contribution is 2.22. The standard InChI is InChI=1S/C16H24F3N3S.HI/c1-2-20-15(21-11-7-6-10-16(17,18)19)22-12-13-23-14-8-4-3-5-9-14;/h3-5,8-9H,2,6-7,10-13H2,1H3,(H2,20,21,22);1H. The molecule has 0 amide bonds. The van der Waals surface area contributed by atoms with Crippen LogP contribution in [-0.4, -0.2) is 37.5 Å². The number of hydrogen-bond donors (Lipinski definition) is 2. The molecule has 0 unspecified atom stereocenters. The summed E-state index contributed by atoms with van der Waals surface area (Å²) in [6.07, 6.45) is -4.24. The molecule has 1 aromatic carbocycles. The first-order chi connectivity index (χ1) is 11.0. The molecule has 3 nitrogen and oxygen atoms in total. The maximum absolute atomic E-state index is 12.0. The molecule has 0 aromatic heterocycles. The monoisotopic (exact) mass is 475 g/mol. The second-order valence-electron chi connectivity index (χ2n) is 4.92. The molecule has 0 radical (unpaired) electrons. The van der Waals surface area contributed by atoms with E-state index in [1.165, 1.54) is 4.90 Å². The minimum atomic E-state index is -4.07. The number of benzene rings is 1. The third-order valence-electron chi connectivity index (χ3n) is 2.89. The number of nitrogens with zero attached hydrogens (tertiary/aromatic N) is 1. The second-order valence-corrected chi connectivity index (χ2v) is 6.09. The normalized spacial score (nSPS) is 11.8. The molecule has 0 fully saturated rings. The maximum Gasteiger partial charge on any atom is 0.389 e. The molecule has 0 bridgehead atoms. The third kappa shape index (κ3) is 12.7. The van der Waals surface area contributed by atoms with E-state index in [2.05, 4.69) is 27.8 Å². The van der Waals surface area contributed by atoms with Crippen molar-refractivity contribution < 1.29 is 13.2 Å². The molecule has 1 rings (SSSR count). The molecule has 1 aromatic rings. The van der Waals surface area contributed by atoms with Gasteiger partial charge in [-0.25, -0.2) is 0 Å². The molecule has 0 saturated heterocycles. The van der Waals surface area contributed by atoms with E-state index in [-0.39, 0.29) is 30.4 Å². The lowest BCUT2D eigenvalue weighted by Crippen LogP contribution is -2.38. The lowest BCUT2D eigenvalue weighted by atomic mass is 10.2. The topological polar surface area (TPSA) is 36.4 Å². The van der Waals surface area contributed by atoms with Crippen LogP contribution in [0.1, 0.15) is 26.2 Å². The predicted octanol–water partition coefficient (Wildman–Crippen LogP) is 4.68. The number of aliphatic imine (C=N–C) groups is 1. The smallest absolute Gasteiger partial charge is 0.357 e. The average molecular weight is 475 g/mol. The van der Waals surface area contributed by atoms with Crippen LogP contribution in [0.2, 0.25) is 0 Å².